The Morgan fingerprint density at radius 3 is 1.14 bits per heavy atom. The summed E-state index contributed by atoms with van der Waals surface area (Å²) in [5.41, 5.74) is 1.31. The van der Waals surface area contributed by atoms with E-state index in [4.69, 9.17) is 4.79 Å². The molecule has 0 aliphatic rings. The first-order chi connectivity index (χ1) is 1.41. The molecule has 49 valence electrons. The van der Waals surface area contributed by atoms with Gasteiger partial charge in [0.25, 0.3) is 0 Å². The molecule has 0 saturated heterocycles. The van der Waals surface area contributed by atoms with E-state index in [9.17, 15) is 0 Å². The van der Waals surface area contributed by atoms with Gasteiger partial charge in [-0.3, -0.25) is 0 Å². The van der Waals surface area contributed by atoms with Crippen molar-refractivity contribution < 1.29 is 40.7 Å². The molecule has 0 bridgehead atoms. The van der Waals surface area contributed by atoms with Crippen LogP contribution < -0.4 is 0 Å². The fourth-order valence-electron chi connectivity index (χ4n) is 0. The summed E-state index contributed by atoms with van der Waals surface area (Å²) >= 11 is 0. The summed E-state index contributed by atoms with van der Waals surface area (Å²) in [7, 11) is 2.38. The second kappa shape index (κ2) is 96.7. The van der Waals surface area contributed by atoms with Crippen LogP contribution in [0.5, 0.6) is 0 Å². The molecule has 0 amide bonds. The first-order valence-electron chi connectivity index (χ1n) is 0.454. The van der Waals surface area contributed by atoms with Crippen molar-refractivity contribution in [3.05, 3.63) is 0 Å². The Hall–Kier alpha value is 0.383. The van der Waals surface area contributed by atoms with Crippen molar-refractivity contribution in [2.24, 2.45) is 0 Å². The second-order valence-corrected chi connectivity index (χ2v) is 0.306. The second-order valence-electron chi connectivity index (χ2n) is 0.102. The van der Waals surface area contributed by atoms with Gasteiger partial charge in [0.1, 0.15) is 5.66 Å². The zero-order chi connectivity index (χ0) is 2.71. The van der Waals surface area contributed by atoms with E-state index in [0.29, 0.717) is 0 Å². The van der Waals surface area contributed by atoms with E-state index in [2.05, 4.69) is 8.86 Å². The molecule has 0 aromatic heterocycles. The Morgan fingerprint density at radius 2 is 1.14 bits per heavy atom. The molecule has 0 aliphatic heterocycles. The number of hydrogen-bond acceptors (Lipinski definition) is 1. The van der Waals surface area contributed by atoms with E-state index in [1.165, 1.54) is 5.66 Å². The summed E-state index contributed by atoms with van der Waals surface area (Å²) in [4.78, 5) is 8.59. The SMILES string of the molecule is O.O.O.O=C=P.[Rh]. The minimum absolute atomic E-state index is 0. The Kier molecular flexibility index (Phi) is 731. The summed E-state index contributed by atoms with van der Waals surface area (Å²) in [6.45, 7) is 0. The number of rotatable bonds is 0. The van der Waals surface area contributed by atoms with Gasteiger partial charge in [-0.1, -0.05) is 0 Å². The fraction of sp³-hybridized carbons (Fsp3) is 0. The molecule has 4 nitrogen and oxygen atoms in total. The predicted octanol–water partition coefficient (Wildman–Crippen LogP) is -2.28. The molecule has 0 aromatic rings. The Morgan fingerprint density at radius 1 is 1.14 bits per heavy atom. The maximum Gasteiger partial charge on any atom is 0.146 e. The van der Waals surface area contributed by atoms with E-state index in [1.54, 1.807) is 0 Å². The average Bonchev–Trinajstić information content (AvgIpc) is 0.918. The minimum atomic E-state index is 0. The van der Waals surface area contributed by atoms with Crippen molar-refractivity contribution in [1.29, 1.82) is 0 Å². The topological polar surface area (TPSA) is 112 Å². The minimum Gasteiger partial charge on any atom is -0.412 e. The molecule has 0 unspecified atom stereocenters. The third kappa shape index (κ3) is 834. The van der Waals surface area contributed by atoms with Crippen LogP contribution in [0.1, 0.15) is 0 Å². The van der Waals surface area contributed by atoms with Crippen molar-refractivity contribution in [3.8, 4) is 0 Å². The molecule has 0 heterocycles. The smallest absolute Gasteiger partial charge is 0.146 e. The van der Waals surface area contributed by atoms with E-state index in [0.717, 1.165) is 0 Å². The molecule has 0 spiro atoms. The predicted molar refractivity (Wildman–Crippen MR) is 24.8 cm³/mol. The van der Waals surface area contributed by atoms with Gasteiger partial charge in [-0.2, -0.15) is 0 Å². The molecule has 0 aliphatic carbocycles. The van der Waals surface area contributed by atoms with Crippen LogP contribution in [0.2, 0.25) is 0 Å². The van der Waals surface area contributed by atoms with Gasteiger partial charge in [0, 0.05) is 19.5 Å². The van der Waals surface area contributed by atoms with Crippen molar-refractivity contribution in [2.45, 2.75) is 0 Å². The molecule has 1 radical (unpaired) electrons. The van der Waals surface area contributed by atoms with Gasteiger partial charge >= 0.3 is 0 Å². The van der Waals surface area contributed by atoms with E-state index >= 15 is 0 Å². The fourth-order valence-corrected chi connectivity index (χ4v) is 0. The van der Waals surface area contributed by atoms with Gasteiger partial charge in [-0.25, -0.2) is 4.79 Å². The number of hydrogen-bond donors (Lipinski definition) is 0. The molecule has 0 rings (SSSR count). The van der Waals surface area contributed by atoms with Crippen LogP contribution in [0.4, 0.5) is 0 Å². The third-order valence-corrected chi connectivity index (χ3v) is 0. The Bertz CT molecular complexity index is 32.7. The average molecular weight is 217 g/mol. The van der Waals surface area contributed by atoms with Gasteiger partial charge in [0.15, 0.2) is 0 Å². The first kappa shape index (κ1) is 53.0. The molecule has 7 heavy (non-hydrogen) atoms. The molecule has 0 atom stereocenters. The van der Waals surface area contributed by atoms with Crippen molar-refractivity contribution in [1.82, 2.24) is 0 Å². The zero-order valence-corrected chi connectivity index (χ0v) is 5.88. The Labute approximate surface area is 55.8 Å². The van der Waals surface area contributed by atoms with Gasteiger partial charge in [-0.15, -0.1) is 0 Å². The summed E-state index contributed by atoms with van der Waals surface area (Å²) in [6, 6.07) is 0. The maximum absolute atomic E-state index is 8.59. The summed E-state index contributed by atoms with van der Waals surface area (Å²) < 4.78 is 0. The molecule has 0 fully saturated rings. The van der Waals surface area contributed by atoms with Crippen LogP contribution in [0.15, 0.2) is 0 Å². The summed E-state index contributed by atoms with van der Waals surface area (Å²) in [6.07, 6.45) is 0. The van der Waals surface area contributed by atoms with Crippen LogP contribution in [0.25, 0.3) is 0 Å². The largest absolute Gasteiger partial charge is 0.412 e. The first-order valence-corrected chi connectivity index (χ1v) is 0.954. The number of carbonyl (C=O) groups excluding carboxylic acids is 1. The van der Waals surface area contributed by atoms with Crippen LogP contribution >= 0.6 is 8.86 Å². The van der Waals surface area contributed by atoms with E-state index < -0.39 is 0 Å². The van der Waals surface area contributed by atoms with Crippen molar-refractivity contribution in [3.63, 3.8) is 0 Å². The van der Waals surface area contributed by atoms with Crippen molar-refractivity contribution in [2.75, 3.05) is 0 Å². The van der Waals surface area contributed by atoms with Gasteiger partial charge in [-0.05, 0) is 8.86 Å². The van der Waals surface area contributed by atoms with Gasteiger partial charge in [0.2, 0.25) is 0 Å². The van der Waals surface area contributed by atoms with Crippen LogP contribution in [-0.2, 0) is 24.3 Å². The normalized spacial score (nSPS) is 1.14. The van der Waals surface area contributed by atoms with Crippen molar-refractivity contribution >= 4 is 14.5 Å². The summed E-state index contributed by atoms with van der Waals surface area (Å²) in [5, 5.41) is 0. The van der Waals surface area contributed by atoms with Gasteiger partial charge < -0.3 is 16.4 Å². The molecule has 0 aromatic carbocycles. The molecular weight excluding hydrogens is 210 g/mol. The standard InChI is InChI=1S/CHOP.3H2O.Rh/c2-1-3;;;;/h3H;3*1H2;. The van der Waals surface area contributed by atoms with Gasteiger partial charge in [0.05, 0.1) is 0 Å². The molecule has 0 saturated carbocycles. The quantitative estimate of drug-likeness (QED) is 0.330. The Balaban J connectivity index is -0.00000000333. The molecular formula is CH7O4PRh. The molecule has 6 heteroatoms. The summed E-state index contributed by atoms with van der Waals surface area (Å²) in [5.74, 6) is 0. The zero-order valence-electron chi connectivity index (χ0n) is 3.24. The van der Waals surface area contributed by atoms with Crippen LogP contribution in [-0.4, -0.2) is 22.1 Å². The van der Waals surface area contributed by atoms with E-state index in [1.807, 2.05) is 0 Å². The molecule has 6 N–H and O–H groups in total. The third-order valence-electron chi connectivity index (χ3n) is 0. The monoisotopic (exact) mass is 217 g/mol. The van der Waals surface area contributed by atoms with Crippen LogP contribution in [0, 0.1) is 0 Å². The maximum atomic E-state index is 8.59. The van der Waals surface area contributed by atoms with E-state index in [-0.39, 0.29) is 35.9 Å². The van der Waals surface area contributed by atoms with Crippen LogP contribution in [0.3, 0.4) is 0 Å².